The van der Waals surface area contributed by atoms with Gasteiger partial charge in [0.05, 0.1) is 6.10 Å². The molecule has 0 aliphatic carbocycles. The highest BCUT2D eigenvalue weighted by Gasteiger charge is 2.12. The molecule has 0 atom stereocenters. The summed E-state index contributed by atoms with van der Waals surface area (Å²) in [6.45, 7) is 5.20. The summed E-state index contributed by atoms with van der Waals surface area (Å²) in [4.78, 5) is 27.5. The predicted octanol–water partition coefficient (Wildman–Crippen LogP) is 3.18. The Labute approximate surface area is 140 Å². The Balaban J connectivity index is 2.24. The Morgan fingerprint density at radius 1 is 1.21 bits per heavy atom. The maximum absolute atomic E-state index is 12.4. The fraction of sp³-hybridized carbons (Fsp3) is 0.278. The number of benzene rings is 1. The lowest BCUT2D eigenvalue weighted by Crippen LogP contribution is -2.14. The third-order valence-corrected chi connectivity index (χ3v) is 2.95. The van der Waals surface area contributed by atoms with Gasteiger partial charge in [0.25, 0.3) is 5.91 Å². The summed E-state index contributed by atoms with van der Waals surface area (Å²) in [6.07, 6.45) is 1.56. The summed E-state index contributed by atoms with van der Waals surface area (Å²) >= 11 is 0. The lowest BCUT2D eigenvalue weighted by molar-refractivity contribution is -0.142. The fourth-order valence-corrected chi connectivity index (χ4v) is 2.03. The van der Waals surface area contributed by atoms with Crippen molar-refractivity contribution in [2.75, 3.05) is 5.32 Å². The first-order valence-corrected chi connectivity index (χ1v) is 7.60. The number of amides is 1. The smallest absolute Gasteiger partial charge is 0.302 e. The largest absolute Gasteiger partial charge is 0.491 e. The van der Waals surface area contributed by atoms with Gasteiger partial charge in [0.15, 0.2) is 0 Å². The zero-order chi connectivity index (χ0) is 17.5. The number of aromatic nitrogens is 1. The maximum Gasteiger partial charge on any atom is 0.302 e. The van der Waals surface area contributed by atoms with Crippen LogP contribution in [0.5, 0.6) is 5.75 Å². The third kappa shape index (κ3) is 5.39. The first-order valence-electron chi connectivity index (χ1n) is 7.60. The zero-order valence-corrected chi connectivity index (χ0v) is 13.9. The van der Waals surface area contributed by atoms with E-state index in [9.17, 15) is 9.59 Å². The summed E-state index contributed by atoms with van der Waals surface area (Å²) in [7, 11) is 0. The van der Waals surface area contributed by atoms with Gasteiger partial charge in [0.2, 0.25) is 0 Å². The third-order valence-electron chi connectivity index (χ3n) is 2.95. The van der Waals surface area contributed by atoms with Crippen molar-refractivity contribution in [1.82, 2.24) is 4.98 Å². The standard InChI is InChI=1S/C18H20N2O4/c1-12(2)24-16-9-14(11-23-13(3)21)8-15(10-16)18(22)20-17-6-4-5-7-19-17/h4-10,12H,11H2,1-3H3,(H,19,20,22). The topological polar surface area (TPSA) is 77.5 Å². The van der Waals surface area contributed by atoms with Crippen molar-refractivity contribution >= 4 is 17.7 Å². The Kier molecular flexibility index (Phi) is 5.89. The molecule has 0 bridgehead atoms. The summed E-state index contributed by atoms with van der Waals surface area (Å²) in [5.74, 6) is 0.302. The van der Waals surface area contributed by atoms with Crippen molar-refractivity contribution in [3.8, 4) is 5.75 Å². The van der Waals surface area contributed by atoms with Crippen LogP contribution >= 0.6 is 0 Å². The molecular formula is C18H20N2O4. The number of ether oxygens (including phenoxy) is 2. The molecule has 1 N–H and O–H groups in total. The molecule has 0 radical (unpaired) electrons. The average Bonchev–Trinajstić information content (AvgIpc) is 2.53. The van der Waals surface area contributed by atoms with Crippen molar-refractivity contribution in [3.05, 3.63) is 53.7 Å². The molecule has 126 valence electrons. The number of rotatable bonds is 6. The van der Waals surface area contributed by atoms with Gasteiger partial charge < -0.3 is 14.8 Å². The van der Waals surface area contributed by atoms with Gasteiger partial charge in [-0.1, -0.05) is 6.07 Å². The monoisotopic (exact) mass is 328 g/mol. The van der Waals surface area contributed by atoms with E-state index in [1.54, 1.807) is 42.6 Å². The van der Waals surface area contributed by atoms with Crippen LogP contribution < -0.4 is 10.1 Å². The molecule has 1 heterocycles. The van der Waals surface area contributed by atoms with Gasteiger partial charge in [-0.25, -0.2) is 4.98 Å². The van der Waals surface area contributed by atoms with Crippen LogP contribution in [0.25, 0.3) is 0 Å². The molecule has 0 saturated heterocycles. The summed E-state index contributed by atoms with van der Waals surface area (Å²) in [5, 5.41) is 2.72. The van der Waals surface area contributed by atoms with Gasteiger partial charge in [-0.3, -0.25) is 9.59 Å². The number of nitrogens with zero attached hydrogens (tertiary/aromatic N) is 1. The van der Waals surface area contributed by atoms with Gasteiger partial charge in [-0.15, -0.1) is 0 Å². The molecular weight excluding hydrogens is 308 g/mol. The van der Waals surface area contributed by atoms with E-state index < -0.39 is 0 Å². The van der Waals surface area contributed by atoms with Crippen molar-refractivity contribution in [2.24, 2.45) is 0 Å². The zero-order valence-electron chi connectivity index (χ0n) is 13.9. The fourth-order valence-electron chi connectivity index (χ4n) is 2.03. The van der Waals surface area contributed by atoms with Gasteiger partial charge in [-0.05, 0) is 49.7 Å². The average molecular weight is 328 g/mol. The van der Waals surface area contributed by atoms with Crippen LogP contribution in [0.2, 0.25) is 0 Å². The van der Waals surface area contributed by atoms with E-state index in [1.807, 2.05) is 13.8 Å². The molecule has 0 saturated carbocycles. The van der Waals surface area contributed by atoms with Crippen LogP contribution in [0.1, 0.15) is 36.7 Å². The van der Waals surface area contributed by atoms with Crippen LogP contribution in [0.4, 0.5) is 5.82 Å². The molecule has 0 aliphatic rings. The number of carbonyl (C=O) groups is 2. The highest BCUT2D eigenvalue weighted by Crippen LogP contribution is 2.20. The molecule has 0 unspecified atom stereocenters. The number of hydrogen-bond donors (Lipinski definition) is 1. The van der Waals surface area contributed by atoms with Gasteiger partial charge in [0.1, 0.15) is 18.2 Å². The van der Waals surface area contributed by atoms with Crippen LogP contribution in [0.3, 0.4) is 0 Å². The van der Waals surface area contributed by atoms with Crippen LogP contribution in [0, 0.1) is 0 Å². The van der Waals surface area contributed by atoms with E-state index in [-0.39, 0.29) is 24.6 Å². The second-order valence-corrected chi connectivity index (χ2v) is 5.48. The lowest BCUT2D eigenvalue weighted by atomic mass is 10.1. The molecule has 1 amide bonds. The van der Waals surface area contributed by atoms with E-state index in [0.29, 0.717) is 22.7 Å². The van der Waals surface area contributed by atoms with E-state index in [0.717, 1.165) is 0 Å². The van der Waals surface area contributed by atoms with Gasteiger partial charge >= 0.3 is 5.97 Å². The normalized spacial score (nSPS) is 10.3. The highest BCUT2D eigenvalue weighted by atomic mass is 16.5. The SMILES string of the molecule is CC(=O)OCc1cc(OC(C)C)cc(C(=O)Nc2ccccn2)c1. The molecule has 0 aliphatic heterocycles. The quantitative estimate of drug-likeness (QED) is 0.824. The van der Waals surface area contributed by atoms with Crippen molar-refractivity contribution in [2.45, 2.75) is 33.5 Å². The van der Waals surface area contributed by atoms with Crippen molar-refractivity contribution in [3.63, 3.8) is 0 Å². The number of esters is 1. The minimum atomic E-state index is -0.385. The lowest BCUT2D eigenvalue weighted by Gasteiger charge is -2.13. The number of pyridine rings is 1. The Morgan fingerprint density at radius 2 is 2.00 bits per heavy atom. The van der Waals surface area contributed by atoms with Crippen molar-refractivity contribution < 1.29 is 19.1 Å². The van der Waals surface area contributed by atoms with Crippen LogP contribution in [-0.2, 0) is 16.1 Å². The highest BCUT2D eigenvalue weighted by molar-refractivity contribution is 6.04. The Hall–Kier alpha value is -2.89. The molecule has 2 rings (SSSR count). The number of carbonyl (C=O) groups excluding carboxylic acids is 2. The summed E-state index contributed by atoms with van der Waals surface area (Å²) in [5.41, 5.74) is 1.08. The molecule has 0 fully saturated rings. The molecule has 6 nitrogen and oxygen atoms in total. The van der Waals surface area contributed by atoms with E-state index >= 15 is 0 Å². The van der Waals surface area contributed by atoms with E-state index in [1.165, 1.54) is 6.92 Å². The minimum absolute atomic E-state index is 0.0410. The van der Waals surface area contributed by atoms with E-state index in [2.05, 4.69) is 10.3 Å². The summed E-state index contributed by atoms with van der Waals surface area (Å²) in [6, 6.07) is 10.3. The first-order chi connectivity index (χ1) is 11.4. The van der Waals surface area contributed by atoms with Gasteiger partial charge in [-0.2, -0.15) is 0 Å². The second kappa shape index (κ2) is 8.10. The van der Waals surface area contributed by atoms with Crippen LogP contribution in [-0.4, -0.2) is 23.0 Å². The maximum atomic E-state index is 12.4. The number of hydrogen-bond acceptors (Lipinski definition) is 5. The summed E-state index contributed by atoms with van der Waals surface area (Å²) < 4.78 is 10.7. The molecule has 2 aromatic rings. The Morgan fingerprint density at radius 3 is 2.62 bits per heavy atom. The second-order valence-electron chi connectivity index (χ2n) is 5.48. The van der Waals surface area contributed by atoms with E-state index in [4.69, 9.17) is 9.47 Å². The number of anilines is 1. The molecule has 6 heteroatoms. The molecule has 24 heavy (non-hydrogen) atoms. The van der Waals surface area contributed by atoms with Crippen molar-refractivity contribution in [1.29, 1.82) is 0 Å². The molecule has 0 spiro atoms. The molecule has 1 aromatic heterocycles. The molecule has 1 aromatic carbocycles. The minimum Gasteiger partial charge on any atom is -0.491 e. The van der Waals surface area contributed by atoms with Gasteiger partial charge in [0, 0.05) is 18.7 Å². The predicted molar refractivity (Wildman–Crippen MR) is 89.9 cm³/mol. The number of nitrogens with one attached hydrogen (secondary N) is 1. The first kappa shape index (κ1) is 17.5. The Bertz CT molecular complexity index is 714. The van der Waals surface area contributed by atoms with Crippen LogP contribution in [0.15, 0.2) is 42.6 Å².